The van der Waals surface area contributed by atoms with Crippen molar-refractivity contribution in [2.75, 3.05) is 63.6 Å². The average Bonchev–Trinajstić information content (AvgIpc) is 3.25. The molecule has 0 aliphatic carbocycles. The number of sulfonamides is 2. The highest BCUT2D eigenvalue weighted by molar-refractivity contribution is 7.88. The van der Waals surface area contributed by atoms with Crippen LogP contribution in [0.2, 0.25) is 0 Å². The monoisotopic (exact) mass is 566 g/mol. The maximum atomic E-state index is 11.8. The lowest BCUT2D eigenvalue weighted by atomic mass is 10.1. The first-order valence-electron chi connectivity index (χ1n) is 12.0. The molecular formula is C23H30N6O5S3. The topological polar surface area (TPSA) is 139 Å². The van der Waals surface area contributed by atoms with E-state index in [-0.39, 0.29) is 5.75 Å². The number of anilines is 1. The first kappa shape index (κ1) is 26.4. The van der Waals surface area contributed by atoms with E-state index >= 15 is 0 Å². The van der Waals surface area contributed by atoms with E-state index in [1.165, 1.54) is 10.6 Å². The maximum absolute atomic E-state index is 11.8. The molecule has 2 aromatic heterocycles. The van der Waals surface area contributed by atoms with Gasteiger partial charge in [-0.1, -0.05) is 18.2 Å². The van der Waals surface area contributed by atoms with Gasteiger partial charge in [0, 0.05) is 56.3 Å². The summed E-state index contributed by atoms with van der Waals surface area (Å²) in [5.41, 5.74) is 2.14. The van der Waals surface area contributed by atoms with E-state index in [1.54, 1.807) is 29.5 Å². The standard InChI is InChI=1S/C23H30N6O5S3/c1-36(30,31)29-7-5-27(6-8-29)15-19-14-20-21(35-19)23(28-9-11-34-12-10-28)26-22(25-20)18-4-2-3-17(13-18)16-37(24,32)33/h2-4,13-14H,5-12,15-16H2,1H3,(H2,24,32,33). The summed E-state index contributed by atoms with van der Waals surface area (Å²) in [6, 6.07) is 9.22. The minimum atomic E-state index is -3.66. The van der Waals surface area contributed by atoms with Crippen LogP contribution in [0, 0.1) is 0 Å². The van der Waals surface area contributed by atoms with E-state index in [2.05, 4.69) is 15.9 Å². The number of benzene rings is 1. The van der Waals surface area contributed by atoms with Gasteiger partial charge in [0.2, 0.25) is 20.0 Å². The minimum Gasteiger partial charge on any atom is -0.378 e. The van der Waals surface area contributed by atoms with Gasteiger partial charge < -0.3 is 9.64 Å². The number of thiophene rings is 1. The lowest BCUT2D eigenvalue weighted by molar-refractivity contribution is 0.122. The van der Waals surface area contributed by atoms with Crippen molar-refractivity contribution in [1.29, 1.82) is 0 Å². The van der Waals surface area contributed by atoms with E-state index in [0.29, 0.717) is 57.3 Å². The van der Waals surface area contributed by atoms with Gasteiger partial charge in [0.25, 0.3) is 0 Å². The summed E-state index contributed by atoms with van der Waals surface area (Å²) in [4.78, 5) is 15.4. The molecular weight excluding hydrogens is 536 g/mol. The van der Waals surface area contributed by atoms with E-state index in [4.69, 9.17) is 19.8 Å². The number of primary sulfonamides is 1. The van der Waals surface area contributed by atoms with Crippen LogP contribution in [0.5, 0.6) is 0 Å². The fourth-order valence-electron chi connectivity index (χ4n) is 4.63. The van der Waals surface area contributed by atoms with Gasteiger partial charge in [0.05, 0.1) is 35.4 Å². The van der Waals surface area contributed by atoms with Crippen molar-refractivity contribution in [2.45, 2.75) is 12.3 Å². The van der Waals surface area contributed by atoms with E-state index < -0.39 is 20.0 Å². The van der Waals surface area contributed by atoms with Gasteiger partial charge in [-0.3, -0.25) is 4.90 Å². The summed E-state index contributed by atoms with van der Waals surface area (Å²) in [5, 5.41) is 5.25. The van der Waals surface area contributed by atoms with E-state index in [1.807, 2.05) is 6.07 Å². The summed E-state index contributed by atoms with van der Waals surface area (Å²) < 4.78 is 55.0. The Kier molecular flexibility index (Phi) is 7.51. The molecule has 2 aliphatic rings. The van der Waals surface area contributed by atoms with Crippen molar-refractivity contribution in [1.82, 2.24) is 19.2 Å². The first-order chi connectivity index (χ1) is 17.5. The number of nitrogens with zero attached hydrogens (tertiary/aromatic N) is 5. The van der Waals surface area contributed by atoms with Crippen LogP contribution in [0.3, 0.4) is 0 Å². The molecule has 0 bridgehead atoms. The number of hydrogen-bond acceptors (Lipinski definition) is 10. The zero-order valence-corrected chi connectivity index (χ0v) is 23.0. The number of hydrogen-bond donors (Lipinski definition) is 1. The Labute approximate surface area is 221 Å². The van der Waals surface area contributed by atoms with Crippen LogP contribution in [0.1, 0.15) is 10.4 Å². The predicted molar refractivity (Wildman–Crippen MR) is 144 cm³/mol. The van der Waals surface area contributed by atoms with Gasteiger partial charge in [-0.25, -0.2) is 31.9 Å². The van der Waals surface area contributed by atoms with Gasteiger partial charge in [-0.2, -0.15) is 4.31 Å². The molecule has 14 heteroatoms. The molecule has 11 nitrogen and oxygen atoms in total. The highest BCUT2D eigenvalue weighted by Crippen LogP contribution is 2.35. The second-order valence-corrected chi connectivity index (χ2v) is 14.1. The van der Waals surface area contributed by atoms with E-state index in [9.17, 15) is 16.8 Å². The molecule has 3 aromatic rings. The van der Waals surface area contributed by atoms with Crippen LogP contribution in [-0.4, -0.2) is 94.7 Å². The molecule has 0 unspecified atom stereocenters. The minimum absolute atomic E-state index is 0.255. The Morgan fingerprint density at radius 1 is 1.00 bits per heavy atom. The van der Waals surface area contributed by atoms with Crippen LogP contribution in [0.25, 0.3) is 21.6 Å². The van der Waals surface area contributed by atoms with Gasteiger partial charge in [-0.15, -0.1) is 11.3 Å². The normalized spacial score (nSPS) is 18.5. The lowest BCUT2D eigenvalue weighted by Gasteiger charge is -2.32. The van der Waals surface area contributed by atoms with Crippen molar-refractivity contribution in [3.63, 3.8) is 0 Å². The predicted octanol–water partition coefficient (Wildman–Crippen LogP) is 1.06. The fraction of sp³-hybridized carbons (Fsp3) is 0.478. The molecule has 0 radical (unpaired) electrons. The number of ether oxygens (including phenoxy) is 1. The number of fused-ring (bicyclic) bond motifs is 1. The molecule has 37 heavy (non-hydrogen) atoms. The highest BCUT2D eigenvalue weighted by atomic mass is 32.2. The number of aromatic nitrogens is 2. The zero-order chi connectivity index (χ0) is 26.2. The maximum Gasteiger partial charge on any atom is 0.213 e. The largest absolute Gasteiger partial charge is 0.378 e. The molecule has 0 amide bonds. The number of nitrogens with two attached hydrogens (primary N) is 1. The van der Waals surface area contributed by atoms with Crippen LogP contribution < -0.4 is 10.0 Å². The number of rotatable bonds is 7. The van der Waals surface area contributed by atoms with Gasteiger partial charge in [0.15, 0.2) is 11.6 Å². The summed E-state index contributed by atoms with van der Waals surface area (Å²) in [5.74, 6) is 1.11. The third-order valence-corrected chi connectivity index (χ3v) is 9.59. The quantitative estimate of drug-likeness (QED) is 0.445. The van der Waals surface area contributed by atoms with Crippen LogP contribution >= 0.6 is 11.3 Å². The molecule has 5 rings (SSSR count). The van der Waals surface area contributed by atoms with Gasteiger partial charge in [0.1, 0.15) is 0 Å². The first-order valence-corrected chi connectivity index (χ1v) is 16.3. The summed E-state index contributed by atoms with van der Waals surface area (Å²) in [7, 11) is -6.83. The van der Waals surface area contributed by atoms with E-state index in [0.717, 1.165) is 39.6 Å². The molecule has 2 N–H and O–H groups in total. The smallest absolute Gasteiger partial charge is 0.213 e. The zero-order valence-electron chi connectivity index (χ0n) is 20.5. The van der Waals surface area contributed by atoms with Crippen LogP contribution in [0.15, 0.2) is 30.3 Å². The molecule has 2 aliphatic heterocycles. The van der Waals surface area contributed by atoms with Crippen LogP contribution in [-0.2, 0) is 37.1 Å². The second kappa shape index (κ2) is 10.5. The van der Waals surface area contributed by atoms with Crippen molar-refractivity contribution < 1.29 is 21.6 Å². The molecule has 1 aromatic carbocycles. The summed E-state index contributed by atoms with van der Waals surface area (Å²) in [6.07, 6.45) is 1.25. The molecule has 0 saturated carbocycles. The lowest BCUT2D eigenvalue weighted by Crippen LogP contribution is -2.47. The Morgan fingerprint density at radius 3 is 2.41 bits per heavy atom. The van der Waals surface area contributed by atoms with Crippen molar-refractivity contribution in [2.24, 2.45) is 5.14 Å². The van der Waals surface area contributed by atoms with Crippen molar-refractivity contribution in [3.05, 3.63) is 40.8 Å². The second-order valence-electron chi connectivity index (χ2n) is 9.34. The molecule has 4 heterocycles. The Balaban J connectivity index is 1.47. The van der Waals surface area contributed by atoms with Crippen LogP contribution in [0.4, 0.5) is 5.82 Å². The highest BCUT2D eigenvalue weighted by Gasteiger charge is 2.25. The van der Waals surface area contributed by atoms with Gasteiger partial charge >= 0.3 is 0 Å². The third-order valence-electron chi connectivity index (χ3n) is 6.45. The van der Waals surface area contributed by atoms with Crippen molar-refractivity contribution >= 4 is 47.4 Å². The molecule has 2 saturated heterocycles. The van der Waals surface area contributed by atoms with Crippen molar-refractivity contribution in [3.8, 4) is 11.4 Å². The average molecular weight is 567 g/mol. The number of piperazine rings is 1. The Morgan fingerprint density at radius 2 is 1.73 bits per heavy atom. The SMILES string of the molecule is CS(=O)(=O)N1CCN(Cc2cc3nc(-c4cccc(CS(N)(=O)=O)c4)nc(N4CCOCC4)c3s2)CC1. The summed E-state index contributed by atoms with van der Waals surface area (Å²) >= 11 is 1.66. The Bertz CT molecular complexity index is 1490. The molecule has 2 fully saturated rings. The third kappa shape index (κ3) is 6.45. The molecule has 0 spiro atoms. The Hall–Kier alpha value is -2.20. The summed E-state index contributed by atoms with van der Waals surface area (Å²) in [6.45, 7) is 5.71. The van der Waals surface area contributed by atoms with Gasteiger partial charge in [-0.05, 0) is 17.7 Å². The number of morpholine rings is 1. The fourth-order valence-corrected chi connectivity index (χ4v) is 7.26. The molecule has 200 valence electrons. The molecule has 0 atom stereocenters.